The van der Waals surface area contributed by atoms with E-state index in [2.05, 4.69) is 9.47 Å². The zero-order valence-electron chi connectivity index (χ0n) is 9.35. The number of carbonyl (C=O) groups is 3. The van der Waals surface area contributed by atoms with E-state index < -0.39 is 36.2 Å². The van der Waals surface area contributed by atoms with Crippen molar-refractivity contribution in [3.8, 4) is 0 Å². The maximum atomic E-state index is 11.1. The number of nitrogens with two attached hydrogens (primary N) is 1. The predicted octanol–water partition coefficient (Wildman–Crippen LogP) is 0.267. The first-order valence-corrected chi connectivity index (χ1v) is 4.54. The number of carbonyl (C=O) groups excluding carboxylic acids is 2. The Labute approximate surface area is 92.5 Å². The van der Waals surface area contributed by atoms with Crippen molar-refractivity contribution in [3.63, 3.8) is 0 Å². The lowest BCUT2D eigenvalue weighted by molar-refractivity contribution is -0.147. The molecule has 0 aliphatic carbocycles. The fourth-order valence-corrected chi connectivity index (χ4v) is 0.700. The third-order valence-corrected chi connectivity index (χ3v) is 1.27. The van der Waals surface area contributed by atoms with Crippen LogP contribution in [-0.4, -0.2) is 34.8 Å². The van der Waals surface area contributed by atoms with Gasteiger partial charge in [-0.3, -0.25) is 4.79 Å². The van der Waals surface area contributed by atoms with Gasteiger partial charge in [-0.1, -0.05) is 0 Å². The van der Waals surface area contributed by atoms with Crippen LogP contribution in [0.2, 0.25) is 0 Å². The fourth-order valence-electron chi connectivity index (χ4n) is 0.700. The van der Waals surface area contributed by atoms with Crippen molar-refractivity contribution in [2.24, 2.45) is 5.73 Å². The van der Waals surface area contributed by atoms with Crippen molar-refractivity contribution in [2.75, 3.05) is 0 Å². The van der Waals surface area contributed by atoms with E-state index in [4.69, 9.17) is 10.8 Å². The van der Waals surface area contributed by atoms with Crippen LogP contribution < -0.4 is 5.73 Å². The highest BCUT2D eigenvalue weighted by atomic mass is 16.7. The number of hydrogen-bond donors (Lipinski definition) is 2. The molecule has 0 aliphatic heterocycles. The lowest BCUT2D eigenvalue weighted by atomic mass is 10.2. The van der Waals surface area contributed by atoms with Crippen LogP contribution in [0.5, 0.6) is 0 Å². The molecule has 0 fully saturated rings. The molecule has 16 heavy (non-hydrogen) atoms. The van der Waals surface area contributed by atoms with Crippen LogP contribution in [0.1, 0.15) is 27.2 Å². The van der Waals surface area contributed by atoms with Gasteiger partial charge in [0.2, 0.25) is 0 Å². The fraction of sp³-hybridized carbons (Fsp3) is 0.667. The minimum atomic E-state index is -1.38. The highest BCUT2D eigenvalue weighted by molar-refractivity contribution is 5.88. The summed E-state index contributed by atoms with van der Waals surface area (Å²) >= 11 is 0. The Balaban J connectivity index is 4.14. The number of esters is 1. The van der Waals surface area contributed by atoms with Gasteiger partial charge in [0.25, 0.3) is 0 Å². The first kappa shape index (κ1) is 14.4. The second-order valence-electron chi connectivity index (χ2n) is 4.09. The Morgan fingerprint density at radius 3 is 2.19 bits per heavy atom. The van der Waals surface area contributed by atoms with Crippen molar-refractivity contribution >= 4 is 18.1 Å². The van der Waals surface area contributed by atoms with Gasteiger partial charge in [0.15, 0.2) is 0 Å². The van der Waals surface area contributed by atoms with Crippen molar-refractivity contribution < 1.29 is 29.0 Å². The van der Waals surface area contributed by atoms with Gasteiger partial charge >= 0.3 is 18.1 Å². The molecule has 92 valence electrons. The van der Waals surface area contributed by atoms with Crippen LogP contribution in [0.25, 0.3) is 0 Å². The van der Waals surface area contributed by atoms with Crippen LogP contribution >= 0.6 is 0 Å². The summed E-state index contributed by atoms with van der Waals surface area (Å²) in [5, 5.41) is 8.35. The van der Waals surface area contributed by atoms with Crippen LogP contribution in [0.4, 0.5) is 4.79 Å². The third-order valence-electron chi connectivity index (χ3n) is 1.27. The number of aliphatic carboxylic acids is 1. The van der Waals surface area contributed by atoms with Crippen LogP contribution in [-0.2, 0) is 19.1 Å². The molecule has 3 N–H and O–H groups in total. The topological polar surface area (TPSA) is 116 Å². The van der Waals surface area contributed by atoms with E-state index >= 15 is 0 Å². The van der Waals surface area contributed by atoms with Crippen molar-refractivity contribution in [1.82, 2.24) is 0 Å². The second-order valence-corrected chi connectivity index (χ2v) is 4.09. The van der Waals surface area contributed by atoms with E-state index in [9.17, 15) is 14.4 Å². The average Bonchev–Trinajstić information content (AvgIpc) is 1.98. The highest BCUT2D eigenvalue weighted by Gasteiger charge is 2.25. The van der Waals surface area contributed by atoms with Gasteiger partial charge in [-0.2, -0.15) is 0 Å². The third kappa shape index (κ3) is 6.77. The lowest BCUT2D eigenvalue weighted by Crippen LogP contribution is -2.37. The van der Waals surface area contributed by atoms with Gasteiger partial charge in [-0.15, -0.1) is 0 Å². The monoisotopic (exact) mass is 233 g/mol. The van der Waals surface area contributed by atoms with E-state index in [1.165, 1.54) is 0 Å². The summed E-state index contributed by atoms with van der Waals surface area (Å²) in [6.07, 6.45) is -1.81. The van der Waals surface area contributed by atoms with Crippen LogP contribution in [0, 0.1) is 0 Å². The largest absolute Gasteiger partial charge is 0.516 e. The summed E-state index contributed by atoms with van der Waals surface area (Å²) < 4.78 is 8.88. The molecule has 7 nitrogen and oxygen atoms in total. The molecule has 0 aliphatic rings. The number of rotatable bonds is 3. The summed E-state index contributed by atoms with van der Waals surface area (Å²) in [7, 11) is 0. The average molecular weight is 233 g/mol. The molecule has 0 aromatic rings. The predicted molar refractivity (Wildman–Crippen MR) is 52.6 cm³/mol. The van der Waals surface area contributed by atoms with E-state index in [-0.39, 0.29) is 0 Å². The molecule has 0 rings (SSSR count). The standard InChI is InChI=1S/C9H15NO6/c1-9(2,3)16-8(14)15-7(13)5(10)4-6(11)12/h5H,4,10H2,1-3H3,(H,11,12)/t5-/m0/s1. The number of carboxylic acids is 1. The molecule has 0 radical (unpaired) electrons. The zero-order valence-corrected chi connectivity index (χ0v) is 9.35. The van der Waals surface area contributed by atoms with Crippen LogP contribution in [0.3, 0.4) is 0 Å². The van der Waals surface area contributed by atoms with Gasteiger partial charge in [-0.25, -0.2) is 9.59 Å². The first-order chi connectivity index (χ1) is 7.11. The molecule has 0 unspecified atom stereocenters. The van der Waals surface area contributed by atoms with E-state index in [1.807, 2.05) is 0 Å². The molecule has 1 atom stereocenters. The molecule has 0 aromatic carbocycles. The zero-order chi connectivity index (χ0) is 12.9. The minimum absolute atomic E-state index is 0.609. The molecular weight excluding hydrogens is 218 g/mol. The van der Waals surface area contributed by atoms with Gasteiger partial charge in [0, 0.05) is 0 Å². The van der Waals surface area contributed by atoms with Gasteiger partial charge in [-0.05, 0) is 20.8 Å². The summed E-state index contributed by atoms with van der Waals surface area (Å²) in [6.45, 7) is 4.78. The Hall–Kier alpha value is -1.63. The molecule has 0 saturated carbocycles. The molecule has 0 heterocycles. The number of ether oxygens (including phenoxy) is 2. The molecule has 0 saturated heterocycles. The van der Waals surface area contributed by atoms with Crippen LogP contribution in [0.15, 0.2) is 0 Å². The maximum Gasteiger partial charge on any atom is 0.516 e. The number of hydrogen-bond acceptors (Lipinski definition) is 6. The van der Waals surface area contributed by atoms with Gasteiger partial charge in [0.1, 0.15) is 11.6 Å². The normalized spacial score (nSPS) is 12.8. The molecule has 0 spiro atoms. The van der Waals surface area contributed by atoms with Gasteiger partial charge < -0.3 is 20.3 Å². The van der Waals surface area contributed by atoms with E-state index in [1.54, 1.807) is 20.8 Å². The van der Waals surface area contributed by atoms with Crippen molar-refractivity contribution in [3.05, 3.63) is 0 Å². The molecule has 0 bridgehead atoms. The molecule has 0 amide bonds. The quantitative estimate of drug-likeness (QED) is 0.530. The molecule has 7 heteroatoms. The summed E-state index contributed by atoms with van der Waals surface area (Å²) in [5.74, 6) is -2.38. The second kappa shape index (κ2) is 5.45. The summed E-state index contributed by atoms with van der Waals surface area (Å²) in [5.41, 5.74) is 4.37. The van der Waals surface area contributed by atoms with E-state index in [0.29, 0.717) is 0 Å². The minimum Gasteiger partial charge on any atom is -0.481 e. The molecular formula is C9H15NO6. The summed E-state index contributed by atoms with van der Waals surface area (Å²) in [4.78, 5) is 32.3. The maximum absolute atomic E-state index is 11.1. The highest BCUT2D eigenvalue weighted by Crippen LogP contribution is 2.08. The first-order valence-electron chi connectivity index (χ1n) is 4.54. The Kier molecular flexibility index (Phi) is 4.90. The Morgan fingerprint density at radius 2 is 1.81 bits per heavy atom. The smallest absolute Gasteiger partial charge is 0.481 e. The van der Waals surface area contributed by atoms with E-state index in [0.717, 1.165) is 0 Å². The Morgan fingerprint density at radius 1 is 1.31 bits per heavy atom. The molecule has 0 aromatic heterocycles. The summed E-state index contributed by atoms with van der Waals surface area (Å²) in [6, 6.07) is -1.38. The Bertz CT molecular complexity index is 293. The lowest BCUT2D eigenvalue weighted by Gasteiger charge is -2.18. The van der Waals surface area contributed by atoms with Crippen molar-refractivity contribution in [1.29, 1.82) is 0 Å². The SMILES string of the molecule is CC(C)(C)OC(=O)OC(=O)[C@@H](N)CC(=O)O. The van der Waals surface area contributed by atoms with Gasteiger partial charge in [0.05, 0.1) is 6.42 Å². The van der Waals surface area contributed by atoms with Crippen molar-refractivity contribution in [2.45, 2.75) is 38.8 Å². The number of carboxylic acid groups (broad SMARTS) is 1.